The fraction of sp³-hybridized carbons (Fsp3) is 0.750. The molecule has 2 rings (SSSR count). The second kappa shape index (κ2) is 5.62. The maximum atomic E-state index is 6.27. The highest BCUT2D eigenvalue weighted by molar-refractivity contribution is 5.02. The molecule has 5 nitrogen and oxygen atoms in total. The number of morpholine rings is 1. The Labute approximate surface area is 103 Å². The van der Waals surface area contributed by atoms with Crippen molar-refractivity contribution >= 4 is 0 Å². The van der Waals surface area contributed by atoms with Gasteiger partial charge in [-0.05, 0) is 13.5 Å². The molecule has 5 heteroatoms. The van der Waals surface area contributed by atoms with E-state index in [2.05, 4.69) is 28.4 Å². The highest BCUT2D eigenvalue weighted by Gasteiger charge is 2.27. The third-order valence-electron chi connectivity index (χ3n) is 3.21. The number of likely N-dealkylation sites (N-methyl/N-ethyl adjacent to an activating group) is 1. The van der Waals surface area contributed by atoms with Crippen molar-refractivity contribution in [2.75, 3.05) is 26.7 Å². The van der Waals surface area contributed by atoms with Crippen LogP contribution >= 0.6 is 0 Å². The Bertz CT molecular complexity index is 352. The highest BCUT2D eigenvalue weighted by Crippen LogP contribution is 2.18. The molecule has 0 amide bonds. The zero-order valence-electron chi connectivity index (χ0n) is 10.7. The van der Waals surface area contributed by atoms with Gasteiger partial charge in [0, 0.05) is 32.0 Å². The number of hydrogen-bond acceptors (Lipinski definition) is 4. The molecule has 1 aromatic rings. The lowest BCUT2D eigenvalue weighted by atomic mass is 10.1. The Morgan fingerprint density at radius 3 is 3.18 bits per heavy atom. The fourth-order valence-corrected chi connectivity index (χ4v) is 2.24. The van der Waals surface area contributed by atoms with Crippen molar-refractivity contribution in [2.24, 2.45) is 5.73 Å². The van der Waals surface area contributed by atoms with Crippen molar-refractivity contribution in [3.05, 3.63) is 18.2 Å². The van der Waals surface area contributed by atoms with E-state index in [1.165, 1.54) is 0 Å². The zero-order valence-corrected chi connectivity index (χ0v) is 10.7. The molecule has 1 fully saturated rings. The number of nitrogens with two attached hydrogens (primary N) is 1. The molecular weight excluding hydrogens is 216 g/mol. The molecule has 0 bridgehead atoms. The predicted octanol–water partition coefficient (Wildman–Crippen LogP) is 0.624. The Morgan fingerprint density at radius 1 is 1.65 bits per heavy atom. The van der Waals surface area contributed by atoms with Gasteiger partial charge in [-0.25, -0.2) is 4.98 Å². The smallest absolute Gasteiger partial charge is 0.128 e. The molecule has 1 aliphatic rings. The van der Waals surface area contributed by atoms with Gasteiger partial charge in [0.05, 0.1) is 18.8 Å². The monoisotopic (exact) mass is 238 g/mol. The van der Waals surface area contributed by atoms with E-state index >= 15 is 0 Å². The average Bonchev–Trinajstić information content (AvgIpc) is 2.77. The quantitative estimate of drug-likeness (QED) is 0.835. The minimum absolute atomic E-state index is 0.0479. The van der Waals surface area contributed by atoms with Crippen molar-refractivity contribution in [2.45, 2.75) is 32.0 Å². The van der Waals surface area contributed by atoms with E-state index in [4.69, 9.17) is 10.5 Å². The van der Waals surface area contributed by atoms with E-state index < -0.39 is 0 Å². The van der Waals surface area contributed by atoms with Crippen LogP contribution in [0.25, 0.3) is 0 Å². The van der Waals surface area contributed by atoms with Crippen molar-refractivity contribution in [1.29, 1.82) is 0 Å². The Balaban J connectivity index is 2.07. The third kappa shape index (κ3) is 2.86. The van der Waals surface area contributed by atoms with E-state index in [9.17, 15) is 0 Å². The molecule has 1 aromatic heterocycles. The van der Waals surface area contributed by atoms with Crippen LogP contribution in [0.4, 0.5) is 0 Å². The maximum Gasteiger partial charge on any atom is 0.128 e. The molecule has 0 aliphatic carbocycles. The SMILES string of the molecule is CCCn1ccnc1C(N)C1CN(C)CCO1. The molecule has 2 heterocycles. The second-order valence-corrected chi connectivity index (χ2v) is 4.68. The van der Waals surface area contributed by atoms with Crippen LogP contribution in [0, 0.1) is 0 Å². The molecule has 2 atom stereocenters. The number of aryl methyl sites for hydroxylation is 1. The Kier molecular flexibility index (Phi) is 4.15. The largest absolute Gasteiger partial charge is 0.373 e. The van der Waals surface area contributed by atoms with Gasteiger partial charge in [0.15, 0.2) is 0 Å². The van der Waals surface area contributed by atoms with Crippen LogP contribution in [0.2, 0.25) is 0 Å². The van der Waals surface area contributed by atoms with Gasteiger partial charge in [-0.2, -0.15) is 0 Å². The van der Waals surface area contributed by atoms with Crippen LogP contribution in [-0.4, -0.2) is 47.3 Å². The molecule has 2 N–H and O–H groups in total. The summed E-state index contributed by atoms with van der Waals surface area (Å²) in [7, 11) is 2.10. The van der Waals surface area contributed by atoms with E-state index in [1.807, 2.05) is 12.4 Å². The first kappa shape index (κ1) is 12.5. The molecule has 1 aliphatic heterocycles. The average molecular weight is 238 g/mol. The molecule has 17 heavy (non-hydrogen) atoms. The number of ether oxygens (including phenoxy) is 1. The topological polar surface area (TPSA) is 56.3 Å². The summed E-state index contributed by atoms with van der Waals surface area (Å²) in [5.74, 6) is 0.937. The van der Waals surface area contributed by atoms with Gasteiger partial charge in [0.2, 0.25) is 0 Å². The van der Waals surface area contributed by atoms with Gasteiger partial charge in [0.25, 0.3) is 0 Å². The summed E-state index contributed by atoms with van der Waals surface area (Å²) in [6, 6.07) is -0.140. The summed E-state index contributed by atoms with van der Waals surface area (Å²) in [5, 5.41) is 0. The molecule has 2 unspecified atom stereocenters. The van der Waals surface area contributed by atoms with Crippen LogP contribution < -0.4 is 5.73 Å². The van der Waals surface area contributed by atoms with Gasteiger partial charge >= 0.3 is 0 Å². The van der Waals surface area contributed by atoms with Crippen molar-refractivity contribution < 1.29 is 4.74 Å². The second-order valence-electron chi connectivity index (χ2n) is 4.68. The Morgan fingerprint density at radius 2 is 2.47 bits per heavy atom. The minimum Gasteiger partial charge on any atom is -0.373 e. The normalized spacial score (nSPS) is 23.8. The lowest BCUT2D eigenvalue weighted by molar-refractivity contribution is -0.0344. The van der Waals surface area contributed by atoms with Crippen molar-refractivity contribution in [3.63, 3.8) is 0 Å². The first-order valence-corrected chi connectivity index (χ1v) is 6.29. The highest BCUT2D eigenvalue weighted by atomic mass is 16.5. The van der Waals surface area contributed by atoms with Gasteiger partial charge < -0.3 is 19.9 Å². The van der Waals surface area contributed by atoms with Crippen molar-refractivity contribution in [1.82, 2.24) is 14.5 Å². The van der Waals surface area contributed by atoms with Crippen LogP contribution in [0.15, 0.2) is 12.4 Å². The molecule has 96 valence electrons. The summed E-state index contributed by atoms with van der Waals surface area (Å²) < 4.78 is 7.87. The molecule has 0 spiro atoms. The van der Waals surface area contributed by atoms with Crippen LogP contribution in [0.5, 0.6) is 0 Å². The summed E-state index contributed by atoms with van der Waals surface area (Å²) in [6.07, 6.45) is 4.94. The first-order valence-electron chi connectivity index (χ1n) is 6.29. The molecular formula is C12H22N4O. The van der Waals surface area contributed by atoms with Crippen LogP contribution in [-0.2, 0) is 11.3 Å². The first-order chi connectivity index (χ1) is 8.22. The number of aromatic nitrogens is 2. The zero-order chi connectivity index (χ0) is 12.3. The lowest BCUT2D eigenvalue weighted by Gasteiger charge is -2.33. The summed E-state index contributed by atoms with van der Waals surface area (Å²) >= 11 is 0. The van der Waals surface area contributed by atoms with Crippen LogP contribution in [0.1, 0.15) is 25.2 Å². The maximum absolute atomic E-state index is 6.27. The van der Waals surface area contributed by atoms with E-state index in [0.29, 0.717) is 0 Å². The summed E-state index contributed by atoms with van der Waals surface area (Å²) in [4.78, 5) is 6.63. The molecule has 0 aromatic carbocycles. The van der Waals surface area contributed by atoms with Crippen molar-refractivity contribution in [3.8, 4) is 0 Å². The standard InChI is InChI=1S/C12H22N4O/c1-3-5-16-6-4-14-12(16)11(13)10-9-15(2)7-8-17-10/h4,6,10-11H,3,5,7-9,13H2,1-2H3. The van der Waals surface area contributed by atoms with E-state index in [1.54, 1.807) is 0 Å². The van der Waals surface area contributed by atoms with E-state index in [-0.39, 0.29) is 12.1 Å². The summed E-state index contributed by atoms with van der Waals surface area (Å²) in [6.45, 7) is 5.72. The number of hydrogen-bond donors (Lipinski definition) is 1. The minimum atomic E-state index is -0.140. The lowest BCUT2D eigenvalue weighted by Crippen LogP contribution is -2.45. The number of nitrogens with zero attached hydrogens (tertiary/aromatic N) is 3. The molecule has 0 saturated carbocycles. The predicted molar refractivity (Wildman–Crippen MR) is 66.7 cm³/mol. The fourth-order valence-electron chi connectivity index (χ4n) is 2.24. The summed E-state index contributed by atoms with van der Waals surface area (Å²) in [5.41, 5.74) is 6.27. The van der Waals surface area contributed by atoms with Crippen LogP contribution in [0.3, 0.4) is 0 Å². The molecule has 0 radical (unpaired) electrons. The number of imidazole rings is 1. The Hall–Kier alpha value is -0.910. The van der Waals surface area contributed by atoms with Gasteiger partial charge in [0.1, 0.15) is 5.82 Å². The van der Waals surface area contributed by atoms with Gasteiger partial charge in [-0.1, -0.05) is 6.92 Å². The molecule has 1 saturated heterocycles. The van der Waals surface area contributed by atoms with Gasteiger partial charge in [-0.3, -0.25) is 0 Å². The number of rotatable bonds is 4. The van der Waals surface area contributed by atoms with E-state index in [0.717, 1.165) is 38.5 Å². The van der Waals surface area contributed by atoms with Gasteiger partial charge in [-0.15, -0.1) is 0 Å². The third-order valence-corrected chi connectivity index (χ3v) is 3.21.